The Hall–Kier alpha value is -2.10. The van der Waals surface area contributed by atoms with Crippen LogP contribution in [0.2, 0.25) is 0 Å². The normalized spacial score (nSPS) is 29.7. The number of carbonyl (C=O) groups is 2. The van der Waals surface area contributed by atoms with Gasteiger partial charge in [-0.2, -0.15) is 0 Å². The van der Waals surface area contributed by atoms with E-state index in [1.807, 2.05) is 44.2 Å². The zero-order valence-corrected chi connectivity index (χ0v) is 12.8. The molecule has 1 aromatic carbocycles. The molecule has 0 spiro atoms. The van der Waals surface area contributed by atoms with Crippen molar-refractivity contribution in [3.63, 3.8) is 0 Å². The van der Waals surface area contributed by atoms with Crippen molar-refractivity contribution in [3.8, 4) is 0 Å². The number of aliphatic hydroxyl groups excluding tert-OH is 1. The second kappa shape index (κ2) is 5.59. The van der Waals surface area contributed by atoms with Gasteiger partial charge in [0, 0.05) is 5.92 Å². The third-order valence-corrected chi connectivity index (χ3v) is 4.30. The number of benzene rings is 1. The summed E-state index contributed by atoms with van der Waals surface area (Å²) in [6, 6.07) is 9.83. The van der Waals surface area contributed by atoms with Crippen LogP contribution < -0.4 is 0 Å². The minimum atomic E-state index is -0.737. The van der Waals surface area contributed by atoms with E-state index in [-0.39, 0.29) is 34.9 Å². The van der Waals surface area contributed by atoms with Crippen LogP contribution in [-0.4, -0.2) is 23.0 Å². The van der Waals surface area contributed by atoms with E-state index in [2.05, 4.69) is 0 Å². The number of ketones is 1. The highest BCUT2D eigenvalue weighted by Crippen LogP contribution is 2.52. The molecule has 1 aliphatic carbocycles. The Morgan fingerprint density at radius 1 is 1.27 bits per heavy atom. The molecule has 0 amide bonds. The Labute approximate surface area is 129 Å². The smallest absolute Gasteiger partial charge is 0.346 e. The number of allylic oxidation sites excluding steroid dienone is 1. The Morgan fingerprint density at radius 3 is 2.59 bits per heavy atom. The summed E-state index contributed by atoms with van der Waals surface area (Å²) in [5.41, 5.74) is 0.992. The molecule has 3 rings (SSSR count). The molecule has 116 valence electrons. The van der Waals surface area contributed by atoms with Crippen molar-refractivity contribution in [2.24, 2.45) is 11.8 Å². The van der Waals surface area contributed by atoms with Gasteiger partial charge in [-0.25, -0.2) is 4.79 Å². The summed E-state index contributed by atoms with van der Waals surface area (Å²) >= 11 is 0. The van der Waals surface area contributed by atoms with Crippen LogP contribution >= 0.6 is 0 Å². The van der Waals surface area contributed by atoms with Crippen molar-refractivity contribution >= 4 is 11.8 Å². The number of Topliss-reactive ketones (excluding diaryl/α,β-unsaturated/α-hetero) is 1. The summed E-state index contributed by atoms with van der Waals surface area (Å²) in [6.45, 7) is 3.93. The van der Waals surface area contributed by atoms with Crippen LogP contribution in [0.1, 0.15) is 38.2 Å². The van der Waals surface area contributed by atoms with E-state index in [9.17, 15) is 14.7 Å². The minimum absolute atomic E-state index is 0.0879. The summed E-state index contributed by atoms with van der Waals surface area (Å²) in [7, 11) is 0. The molecule has 1 aromatic rings. The molecular formula is C18H20O4. The average molecular weight is 300 g/mol. The molecule has 0 bridgehead atoms. The zero-order valence-electron chi connectivity index (χ0n) is 12.8. The van der Waals surface area contributed by atoms with Crippen LogP contribution in [-0.2, 0) is 14.3 Å². The quantitative estimate of drug-likeness (QED) is 0.401. The Kier molecular flexibility index (Phi) is 3.77. The maximum Gasteiger partial charge on any atom is 0.346 e. The zero-order chi connectivity index (χ0) is 15.9. The highest BCUT2D eigenvalue weighted by molar-refractivity contribution is 6.23. The first kappa shape index (κ1) is 14.8. The standard InChI is InChI=1S/C18H20O4/c1-10(2)8-14-17(20)15(18(21)22-14)16(19)13-9-12(13)11-6-4-3-5-7-11/h3-7,10,12-14,19H,8-9H2,1-2H3/t12?,13-,14?/m1/s1. The number of carbonyl (C=O) groups excluding carboxylic acids is 2. The van der Waals surface area contributed by atoms with Crippen LogP contribution in [0.3, 0.4) is 0 Å². The molecule has 1 saturated carbocycles. The fraction of sp³-hybridized carbons (Fsp3) is 0.444. The summed E-state index contributed by atoms with van der Waals surface area (Å²) < 4.78 is 5.13. The van der Waals surface area contributed by atoms with Gasteiger partial charge in [-0.3, -0.25) is 4.79 Å². The van der Waals surface area contributed by atoms with Crippen LogP contribution in [0.4, 0.5) is 0 Å². The number of hydrogen-bond acceptors (Lipinski definition) is 4. The lowest BCUT2D eigenvalue weighted by Gasteiger charge is -2.09. The number of rotatable bonds is 4. The van der Waals surface area contributed by atoms with Crippen molar-refractivity contribution in [1.82, 2.24) is 0 Å². The predicted molar refractivity (Wildman–Crippen MR) is 81.3 cm³/mol. The molecule has 0 aromatic heterocycles. The summed E-state index contributed by atoms with van der Waals surface area (Å²) in [5, 5.41) is 10.4. The van der Waals surface area contributed by atoms with Crippen molar-refractivity contribution in [2.45, 2.75) is 38.7 Å². The molecule has 1 saturated heterocycles. The maximum atomic E-state index is 12.3. The number of esters is 1. The Balaban J connectivity index is 1.79. The van der Waals surface area contributed by atoms with Gasteiger partial charge in [0.25, 0.3) is 0 Å². The van der Waals surface area contributed by atoms with Crippen LogP contribution in [0.5, 0.6) is 0 Å². The molecular weight excluding hydrogens is 280 g/mol. The van der Waals surface area contributed by atoms with Crippen molar-refractivity contribution in [3.05, 3.63) is 47.2 Å². The summed E-state index contributed by atoms with van der Waals surface area (Å²) in [5.74, 6) is -0.844. The monoisotopic (exact) mass is 300 g/mol. The van der Waals surface area contributed by atoms with Gasteiger partial charge in [-0.05, 0) is 30.2 Å². The molecule has 0 radical (unpaired) electrons. The van der Waals surface area contributed by atoms with Gasteiger partial charge in [0.1, 0.15) is 11.3 Å². The molecule has 4 heteroatoms. The molecule has 1 N–H and O–H groups in total. The number of aliphatic hydroxyl groups is 1. The van der Waals surface area contributed by atoms with Gasteiger partial charge in [-0.15, -0.1) is 0 Å². The fourth-order valence-electron chi connectivity index (χ4n) is 3.07. The lowest BCUT2D eigenvalue weighted by atomic mass is 9.98. The molecule has 22 heavy (non-hydrogen) atoms. The maximum absolute atomic E-state index is 12.3. The number of cyclic esters (lactones) is 1. The molecule has 4 nitrogen and oxygen atoms in total. The molecule has 1 aliphatic heterocycles. The van der Waals surface area contributed by atoms with Gasteiger partial charge in [0.05, 0.1) is 0 Å². The van der Waals surface area contributed by atoms with Gasteiger partial charge >= 0.3 is 5.97 Å². The molecule has 2 unspecified atom stereocenters. The summed E-state index contributed by atoms with van der Waals surface area (Å²) in [4.78, 5) is 24.2. The average Bonchev–Trinajstić information content (AvgIpc) is 3.22. The number of ether oxygens (including phenoxy) is 1. The molecule has 2 fully saturated rings. The van der Waals surface area contributed by atoms with Crippen LogP contribution in [0.25, 0.3) is 0 Å². The topological polar surface area (TPSA) is 63.6 Å². The van der Waals surface area contributed by atoms with E-state index in [1.165, 1.54) is 0 Å². The van der Waals surface area contributed by atoms with Crippen molar-refractivity contribution in [1.29, 1.82) is 0 Å². The third-order valence-electron chi connectivity index (χ3n) is 4.30. The first-order chi connectivity index (χ1) is 10.5. The van der Waals surface area contributed by atoms with Gasteiger partial charge in [0.15, 0.2) is 6.10 Å². The lowest BCUT2D eigenvalue weighted by Crippen LogP contribution is -2.19. The first-order valence-electron chi connectivity index (χ1n) is 7.72. The highest BCUT2D eigenvalue weighted by Gasteiger charge is 2.48. The van der Waals surface area contributed by atoms with Gasteiger partial charge < -0.3 is 9.84 Å². The molecule has 2 aliphatic rings. The van der Waals surface area contributed by atoms with Crippen LogP contribution in [0.15, 0.2) is 41.7 Å². The summed E-state index contributed by atoms with van der Waals surface area (Å²) in [6.07, 6.45) is 0.515. The Morgan fingerprint density at radius 2 is 1.95 bits per heavy atom. The highest BCUT2D eigenvalue weighted by atomic mass is 16.6. The minimum Gasteiger partial charge on any atom is -0.511 e. The van der Waals surface area contributed by atoms with Crippen molar-refractivity contribution < 1.29 is 19.4 Å². The van der Waals surface area contributed by atoms with Gasteiger partial charge in [-0.1, -0.05) is 44.2 Å². The van der Waals surface area contributed by atoms with E-state index >= 15 is 0 Å². The SMILES string of the molecule is CC(C)CC1OC(=O)C(=C(O)[C@@H]2CC2c2ccccc2)C1=O. The van der Waals surface area contributed by atoms with E-state index < -0.39 is 12.1 Å². The van der Waals surface area contributed by atoms with E-state index in [0.717, 1.165) is 12.0 Å². The molecule has 1 heterocycles. The van der Waals surface area contributed by atoms with Crippen LogP contribution in [0, 0.1) is 11.8 Å². The first-order valence-corrected chi connectivity index (χ1v) is 7.72. The second-order valence-electron chi connectivity index (χ2n) is 6.51. The third kappa shape index (κ3) is 2.65. The Bertz CT molecular complexity index is 630. The fourth-order valence-corrected chi connectivity index (χ4v) is 3.07. The largest absolute Gasteiger partial charge is 0.511 e. The van der Waals surface area contributed by atoms with Crippen molar-refractivity contribution in [2.75, 3.05) is 0 Å². The van der Waals surface area contributed by atoms with E-state index in [0.29, 0.717) is 6.42 Å². The van der Waals surface area contributed by atoms with Gasteiger partial charge in [0.2, 0.25) is 5.78 Å². The van der Waals surface area contributed by atoms with E-state index in [1.54, 1.807) is 0 Å². The number of hydrogen-bond donors (Lipinski definition) is 1. The molecule has 3 atom stereocenters. The lowest BCUT2D eigenvalue weighted by molar-refractivity contribution is -0.141. The predicted octanol–water partition coefficient (Wildman–Crippen LogP) is 3.14. The second-order valence-corrected chi connectivity index (χ2v) is 6.51. The van der Waals surface area contributed by atoms with E-state index in [4.69, 9.17) is 4.74 Å².